The van der Waals surface area contributed by atoms with Crippen LogP contribution in [0.15, 0.2) is 18.2 Å². The molecule has 2 rings (SSSR count). The molecular formula is C16H21ClN2O4. The van der Waals surface area contributed by atoms with Gasteiger partial charge in [0.05, 0.1) is 12.1 Å². The Bertz CT molecular complexity index is 613. The number of piperazine rings is 1. The number of ether oxygens (including phenoxy) is 2. The lowest BCUT2D eigenvalue weighted by atomic mass is 10.2. The standard InChI is InChI=1S/C16H21ClN2O4/c1-16(2,3)23-15(21)18-7-8-19(14(20)10-18)11-5-6-12(17)13(9-11)22-4/h5-6,9H,7-8,10H2,1-4H3. The SMILES string of the molecule is COc1cc(N2CCN(C(=O)OC(C)(C)C)CC2=O)ccc1Cl. The first kappa shape index (κ1) is 17.4. The Kier molecular flexibility index (Phi) is 5.04. The zero-order chi connectivity index (χ0) is 17.2. The van der Waals surface area contributed by atoms with Gasteiger partial charge in [-0.3, -0.25) is 9.69 Å². The number of methoxy groups -OCH3 is 1. The lowest BCUT2D eigenvalue weighted by Gasteiger charge is -2.35. The fourth-order valence-electron chi connectivity index (χ4n) is 2.24. The number of hydrogen-bond donors (Lipinski definition) is 0. The summed E-state index contributed by atoms with van der Waals surface area (Å²) in [6.45, 7) is 6.17. The number of nitrogens with zero attached hydrogens (tertiary/aromatic N) is 2. The number of hydrogen-bond acceptors (Lipinski definition) is 4. The van der Waals surface area contributed by atoms with E-state index in [0.717, 1.165) is 0 Å². The van der Waals surface area contributed by atoms with Crippen molar-refractivity contribution in [3.05, 3.63) is 23.2 Å². The molecule has 0 saturated carbocycles. The normalized spacial score (nSPS) is 15.6. The van der Waals surface area contributed by atoms with E-state index in [1.807, 2.05) is 0 Å². The summed E-state index contributed by atoms with van der Waals surface area (Å²) < 4.78 is 10.5. The third-order valence-corrected chi connectivity index (χ3v) is 3.63. The van der Waals surface area contributed by atoms with Crippen molar-refractivity contribution in [2.45, 2.75) is 26.4 Å². The van der Waals surface area contributed by atoms with E-state index in [1.54, 1.807) is 43.9 Å². The van der Waals surface area contributed by atoms with Gasteiger partial charge in [0, 0.05) is 24.8 Å². The molecule has 6 nitrogen and oxygen atoms in total. The second kappa shape index (κ2) is 6.66. The van der Waals surface area contributed by atoms with Crippen LogP contribution in [0.5, 0.6) is 5.75 Å². The molecule has 2 amide bonds. The molecule has 0 radical (unpaired) electrons. The van der Waals surface area contributed by atoms with Crippen LogP contribution in [0.4, 0.5) is 10.5 Å². The summed E-state index contributed by atoms with van der Waals surface area (Å²) in [7, 11) is 1.52. The maximum atomic E-state index is 12.4. The van der Waals surface area contributed by atoms with E-state index in [1.165, 1.54) is 12.0 Å². The second-order valence-electron chi connectivity index (χ2n) is 6.27. The molecule has 1 heterocycles. The van der Waals surface area contributed by atoms with Crippen molar-refractivity contribution in [2.75, 3.05) is 31.6 Å². The molecule has 1 aliphatic rings. The van der Waals surface area contributed by atoms with Crippen LogP contribution in [-0.4, -0.2) is 49.2 Å². The van der Waals surface area contributed by atoms with Crippen molar-refractivity contribution in [3.8, 4) is 5.75 Å². The summed E-state index contributed by atoms with van der Waals surface area (Å²) in [5.74, 6) is 0.332. The lowest BCUT2D eigenvalue weighted by molar-refractivity contribution is -0.121. The average molecular weight is 341 g/mol. The fraction of sp³-hybridized carbons (Fsp3) is 0.500. The first-order valence-corrected chi connectivity index (χ1v) is 7.71. The van der Waals surface area contributed by atoms with Gasteiger partial charge in [-0.1, -0.05) is 11.6 Å². The van der Waals surface area contributed by atoms with E-state index >= 15 is 0 Å². The number of carbonyl (C=O) groups is 2. The van der Waals surface area contributed by atoms with Crippen LogP contribution in [0, 0.1) is 0 Å². The molecule has 0 aromatic heterocycles. The van der Waals surface area contributed by atoms with Gasteiger partial charge in [0.2, 0.25) is 5.91 Å². The Morgan fingerprint density at radius 2 is 1.96 bits per heavy atom. The van der Waals surface area contributed by atoms with Crippen molar-refractivity contribution >= 4 is 29.3 Å². The predicted octanol–water partition coefficient (Wildman–Crippen LogP) is 2.93. The molecule has 0 atom stereocenters. The molecule has 0 unspecified atom stereocenters. The highest BCUT2D eigenvalue weighted by molar-refractivity contribution is 6.32. The van der Waals surface area contributed by atoms with Crippen molar-refractivity contribution < 1.29 is 19.1 Å². The molecular weight excluding hydrogens is 320 g/mol. The monoisotopic (exact) mass is 340 g/mol. The number of benzene rings is 1. The molecule has 1 saturated heterocycles. The maximum Gasteiger partial charge on any atom is 0.410 e. The van der Waals surface area contributed by atoms with Crippen LogP contribution >= 0.6 is 11.6 Å². The zero-order valence-electron chi connectivity index (χ0n) is 13.8. The molecule has 1 aromatic rings. The molecule has 0 bridgehead atoms. The highest BCUT2D eigenvalue weighted by atomic mass is 35.5. The summed E-state index contributed by atoms with van der Waals surface area (Å²) in [5, 5.41) is 0.482. The minimum atomic E-state index is -0.583. The van der Waals surface area contributed by atoms with Gasteiger partial charge in [0.25, 0.3) is 0 Å². The Morgan fingerprint density at radius 3 is 2.52 bits per heavy atom. The molecule has 23 heavy (non-hydrogen) atoms. The maximum absolute atomic E-state index is 12.4. The molecule has 1 aliphatic heterocycles. The molecule has 7 heteroatoms. The van der Waals surface area contributed by atoms with Crippen LogP contribution in [0.1, 0.15) is 20.8 Å². The summed E-state index contributed by atoms with van der Waals surface area (Å²) in [6.07, 6.45) is -0.473. The van der Waals surface area contributed by atoms with Crippen molar-refractivity contribution in [3.63, 3.8) is 0 Å². The van der Waals surface area contributed by atoms with E-state index in [0.29, 0.717) is 29.5 Å². The minimum Gasteiger partial charge on any atom is -0.495 e. The Labute approximate surface area is 140 Å². The van der Waals surface area contributed by atoms with Gasteiger partial charge in [-0.25, -0.2) is 4.79 Å². The topological polar surface area (TPSA) is 59.1 Å². The van der Waals surface area contributed by atoms with Gasteiger partial charge >= 0.3 is 6.09 Å². The molecule has 126 valence electrons. The van der Waals surface area contributed by atoms with Crippen LogP contribution < -0.4 is 9.64 Å². The quantitative estimate of drug-likeness (QED) is 0.830. The van der Waals surface area contributed by atoms with Gasteiger partial charge in [0.1, 0.15) is 17.9 Å². The van der Waals surface area contributed by atoms with Crippen molar-refractivity contribution in [2.24, 2.45) is 0 Å². The summed E-state index contributed by atoms with van der Waals surface area (Å²) in [6, 6.07) is 5.15. The highest BCUT2D eigenvalue weighted by Gasteiger charge is 2.31. The lowest BCUT2D eigenvalue weighted by Crippen LogP contribution is -2.53. The number of carbonyl (C=O) groups excluding carboxylic acids is 2. The highest BCUT2D eigenvalue weighted by Crippen LogP contribution is 2.30. The molecule has 1 aromatic carbocycles. The van der Waals surface area contributed by atoms with Crippen LogP contribution in [0.3, 0.4) is 0 Å². The number of halogens is 1. The second-order valence-corrected chi connectivity index (χ2v) is 6.67. The number of amides is 2. The summed E-state index contributed by atoms with van der Waals surface area (Å²) >= 11 is 6.00. The van der Waals surface area contributed by atoms with E-state index in [2.05, 4.69) is 0 Å². The van der Waals surface area contributed by atoms with Gasteiger partial charge in [-0.15, -0.1) is 0 Å². The third-order valence-electron chi connectivity index (χ3n) is 3.32. The fourth-order valence-corrected chi connectivity index (χ4v) is 2.44. The third kappa shape index (κ3) is 4.28. The molecule has 1 fully saturated rings. The number of anilines is 1. The molecule has 0 spiro atoms. The van der Waals surface area contributed by atoms with E-state index in [9.17, 15) is 9.59 Å². The van der Waals surface area contributed by atoms with E-state index in [-0.39, 0.29) is 12.5 Å². The van der Waals surface area contributed by atoms with Gasteiger partial charge in [0.15, 0.2) is 0 Å². The zero-order valence-corrected chi connectivity index (χ0v) is 14.5. The largest absolute Gasteiger partial charge is 0.495 e. The van der Waals surface area contributed by atoms with Gasteiger partial charge in [-0.05, 0) is 32.9 Å². The van der Waals surface area contributed by atoms with Crippen LogP contribution in [-0.2, 0) is 9.53 Å². The first-order valence-electron chi connectivity index (χ1n) is 7.33. The summed E-state index contributed by atoms with van der Waals surface area (Å²) in [4.78, 5) is 27.4. The van der Waals surface area contributed by atoms with Gasteiger partial charge in [-0.2, -0.15) is 0 Å². The van der Waals surface area contributed by atoms with Crippen LogP contribution in [0.25, 0.3) is 0 Å². The van der Waals surface area contributed by atoms with Crippen LogP contribution in [0.2, 0.25) is 5.02 Å². The van der Waals surface area contributed by atoms with Gasteiger partial charge < -0.3 is 14.4 Å². The molecule has 0 aliphatic carbocycles. The molecule has 0 N–H and O–H groups in total. The predicted molar refractivity (Wildman–Crippen MR) is 88.2 cm³/mol. The Morgan fingerprint density at radius 1 is 1.26 bits per heavy atom. The summed E-state index contributed by atoms with van der Waals surface area (Å²) in [5.41, 5.74) is 0.112. The number of rotatable bonds is 2. The first-order chi connectivity index (χ1) is 10.7. The van der Waals surface area contributed by atoms with E-state index < -0.39 is 11.7 Å². The average Bonchev–Trinajstić information content (AvgIpc) is 2.46. The van der Waals surface area contributed by atoms with Crippen molar-refractivity contribution in [1.29, 1.82) is 0 Å². The Hall–Kier alpha value is -1.95. The van der Waals surface area contributed by atoms with E-state index in [4.69, 9.17) is 21.1 Å². The van der Waals surface area contributed by atoms with Crippen molar-refractivity contribution in [1.82, 2.24) is 4.90 Å². The minimum absolute atomic E-state index is 0.0140. The Balaban J connectivity index is 2.07. The smallest absolute Gasteiger partial charge is 0.410 e.